The molecule has 0 aliphatic heterocycles. The standard InChI is InChI=1S/C20H16FN3O/c21-9-10-24-13-16-3-1-14(11-20(16)23-24)2-5-17-6-4-15-12-18(25)7-8-19(15)22-17/h1-8,11-13,25H,9-10H2/b5-2+. The molecule has 0 spiro atoms. The molecule has 0 bridgehead atoms. The minimum absolute atomic E-state index is 0.234. The van der Waals surface area contributed by atoms with Crippen LogP contribution in [0.4, 0.5) is 4.39 Å². The molecule has 2 aromatic heterocycles. The van der Waals surface area contributed by atoms with Crippen LogP contribution >= 0.6 is 0 Å². The van der Waals surface area contributed by atoms with Crippen molar-refractivity contribution >= 4 is 34.0 Å². The Labute approximate surface area is 143 Å². The van der Waals surface area contributed by atoms with Crippen molar-refractivity contribution in [2.75, 3.05) is 6.67 Å². The number of fused-ring (bicyclic) bond motifs is 2. The topological polar surface area (TPSA) is 50.9 Å². The van der Waals surface area contributed by atoms with Crippen LogP contribution in [0.25, 0.3) is 34.0 Å². The zero-order valence-electron chi connectivity index (χ0n) is 13.4. The number of aryl methyl sites for hydroxylation is 1. The zero-order valence-corrected chi connectivity index (χ0v) is 13.4. The first-order chi connectivity index (χ1) is 12.2. The van der Waals surface area contributed by atoms with Crippen molar-refractivity contribution in [1.29, 1.82) is 0 Å². The van der Waals surface area contributed by atoms with Gasteiger partial charge in [0, 0.05) is 17.0 Å². The lowest BCUT2D eigenvalue weighted by Gasteiger charge is -2.00. The van der Waals surface area contributed by atoms with Crippen LogP contribution in [0.15, 0.2) is 54.7 Å². The molecule has 4 aromatic rings. The number of nitrogens with zero attached hydrogens (tertiary/aromatic N) is 3. The molecule has 5 heteroatoms. The fraction of sp³-hybridized carbons (Fsp3) is 0.100. The molecule has 0 aliphatic rings. The molecule has 0 fully saturated rings. The van der Waals surface area contributed by atoms with Crippen molar-refractivity contribution in [3.8, 4) is 5.75 Å². The van der Waals surface area contributed by atoms with Crippen molar-refractivity contribution in [2.45, 2.75) is 6.54 Å². The van der Waals surface area contributed by atoms with E-state index in [1.165, 1.54) is 0 Å². The Bertz CT molecular complexity index is 1080. The number of aromatic nitrogens is 3. The van der Waals surface area contributed by atoms with Gasteiger partial charge in [0.25, 0.3) is 0 Å². The van der Waals surface area contributed by atoms with Crippen LogP contribution in [-0.2, 0) is 6.54 Å². The first-order valence-electron chi connectivity index (χ1n) is 8.02. The molecule has 0 saturated carbocycles. The second-order valence-corrected chi connectivity index (χ2v) is 5.85. The maximum Gasteiger partial charge on any atom is 0.116 e. The Kier molecular flexibility index (Phi) is 3.90. The Hall–Kier alpha value is -3.21. The van der Waals surface area contributed by atoms with Gasteiger partial charge in [-0.05, 0) is 42.0 Å². The molecule has 4 rings (SSSR count). The number of halogens is 1. The molecular formula is C20H16FN3O. The number of hydrogen-bond donors (Lipinski definition) is 1. The van der Waals surface area contributed by atoms with Gasteiger partial charge in [0.2, 0.25) is 0 Å². The molecule has 25 heavy (non-hydrogen) atoms. The van der Waals surface area contributed by atoms with Gasteiger partial charge in [-0.1, -0.05) is 24.3 Å². The molecule has 124 valence electrons. The van der Waals surface area contributed by atoms with Gasteiger partial charge in [-0.2, -0.15) is 5.10 Å². The predicted molar refractivity (Wildman–Crippen MR) is 98.0 cm³/mol. The van der Waals surface area contributed by atoms with E-state index in [9.17, 15) is 9.50 Å². The SMILES string of the molecule is Oc1ccc2nc(/C=C/c3ccc4cn(CCF)nc4c3)ccc2c1. The molecule has 1 N–H and O–H groups in total. The highest BCUT2D eigenvalue weighted by atomic mass is 19.1. The van der Waals surface area contributed by atoms with Crippen molar-refractivity contribution in [3.63, 3.8) is 0 Å². The van der Waals surface area contributed by atoms with Crippen LogP contribution in [0.5, 0.6) is 5.75 Å². The highest BCUT2D eigenvalue weighted by Gasteiger charge is 2.01. The second-order valence-electron chi connectivity index (χ2n) is 5.85. The highest BCUT2D eigenvalue weighted by molar-refractivity contribution is 5.84. The molecule has 2 heterocycles. The number of aromatic hydroxyl groups is 1. The largest absolute Gasteiger partial charge is 0.508 e. The van der Waals surface area contributed by atoms with Crippen molar-refractivity contribution in [3.05, 3.63) is 66.0 Å². The normalized spacial score (nSPS) is 11.7. The number of benzene rings is 2. The first-order valence-corrected chi connectivity index (χ1v) is 8.02. The summed E-state index contributed by atoms with van der Waals surface area (Å²) in [7, 11) is 0. The Morgan fingerprint density at radius 2 is 1.84 bits per heavy atom. The monoisotopic (exact) mass is 333 g/mol. The summed E-state index contributed by atoms with van der Waals surface area (Å²) in [6, 6.07) is 14.9. The molecule has 0 saturated heterocycles. The molecule has 2 aromatic carbocycles. The van der Waals surface area contributed by atoms with E-state index in [4.69, 9.17) is 0 Å². The predicted octanol–water partition coefficient (Wildman–Crippen LogP) is 4.43. The Morgan fingerprint density at radius 3 is 2.72 bits per heavy atom. The highest BCUT2D eigenvalue weighted by Crippen LogP contribution is 2.20. The number of phenolic OH excluding ortho intramolecular Hbond substituents is 1. The van der Waals surface area contributed by atoms with Crippen LogP contribution in [0.2, 0.25) is 0 Å². The quantitative estimate of drug-likeness (QED) is 0.601. The maximum absolute atomic E-state index is 12.4. The van der Waals surface area contributed by atoms with Crippen LogP contribution in [0.1, 0.15) is 11.3 Å². The van der Waals surface area contributed by atoms with E-state index in [0.717, 1.165) is 33.1 Å². The first kappa shape index (κ1) is 15.3. The summed E-state index contributed by atoms with van der Waals surface area (Å²) in [5, 5.41) is 15.8. The minimum atomic E-state index is -0.424. The van der Waals surface area contributed by atoms with E-state index in [1.807, 2.05) is 48.7 Å². The van der Waals surface area contributed by atoms with Gasteiger partial charge in [0.1, 0.15) is 12.4 Å². The van der Waals surface area contributed by atoms with Crippen molar-refractivity contribution < 1.29 is 9.50 Å². The van der Waals surface area contributed by atoms with Gasteiger partial charge in [0.05, 0.1) is 23.3 Å². The zero-order chi connectivity index (χ0) is 17.2. The van der Waals surface area contributed by atoms with Gasteiger partial charge in [-0.15, -0.1) is 0 Å². The molecule has 0 amide bonds. The van der Waals surface area contributed by atoms with E-state index < -0.39 is 6.67 Å². The third-order valence-electron chi connectivity index (χ3n) is 4.03. The van der Waals surface area contributed by atoms with Gasteiger partial charge >= 0.3 is 0 Å². The van der Waals surface area contributed by atoms with Crippen LogP contribution in [0.3, 0.4) is 0 Å². The summed E-state index contributed by atoms with van der Waals surface area (Å²) >= 11 is 0. The fourth-order valence-corrected chi connectivity index (χ4v) is 2.79. The van der Waals surface area contributed by atoms with Crippen molar-refractivity contribution in [1.82, 2.24) is 14.8 Å². The Balaban J connectivity index is 1.62. The van der Waals surface area contributed by atoms with Crippen LogP contribution < -0.4 is 0 Å². The minimum Gasteiger partial charge on any atom is -0.508 e. The number of phenols is 1. The molecule has 0 radical (unpaired) electrons. The summed E-state index contributed by atoms with van der Waals surface area (Å²) in [4.78, 5) is 4.56. The fourth-order valence-electron chi connectivity index (χ4n) is 2.79. The third-order valence-corrected chi connectivity index (χ3v) is 4.03. The summed E-state index contributed by atoms with van der Waals surface area (Å²) < 4.78 is 14.1. The number of hydrogen-bond acceptors (Lipinski definition) is 3. The lowest BCUT2D eigenvalue weighted by Crippen LogP contribution is -1.98. The number of alkyl halides is 1. The molecular weight excluding hydrogens is 317 g/mol. The smallest absolute Gasteiger partial charge is 0.116 e. The van der Waals surface area contributed by atoms with Crippen LogP contribution in [0, 0.1) is 0 Å². The van der Waals surface area contributed by atoms with Gasteiger partial charge in [-0.25, -0.2) is 9.37 Å². The molecule has 0 unspecified atom stereocenters. The lowest BCUT2D eigenvalue weighted by molar-refractivity contribution is 0.428. The van der Waals surface area contributed by atoms with E-state index >= 15 is 0 Å². The van der Waals surface area contributed by atoms with E-state index in [0.29, 0.717) is 0 Å². The summed E-state index contributed by atoms with van der Waals surface area (Å²) in [5.41, 5.74) is 3.52. The van der Waals surface area contributed by atoms with Gasteiger partial charge < -0.3 is 5.11 Å². The average molecular weight is 333 g/mol. The van der Waals surface area contributed by atoms with Gasteiger partial charge in [0.15, 0.2) is 0 Å². The van der Waals surface area contributed by atoms with E-state index in [1.54, 1.807) is 22.9 Å². The lowest BCUT2D eigenvalue weighted by atomic mass is 10.1. The number of pyridine rings is 1. The Morgan fingerprint density at radius 1 is 0.960 bits per heavy atom. The second kappa shape index (κ2) is 6.36. The van der Waals surface area contributed by atoms with E-state index in [2.05, 4.69) is 10.1 Å². The summed E-state index contributed by atoms with van der Waals surface area (Å²) in [6.07, 6.45) is 5.76. The molecule has 4 nitrogen and oxygen atoms in total. The van der Waals surface area contributed by atoms with Gasteiger partial charge in [-0.3, -0.25) is 4.68 Å². The average Bonchev–Trinajstić information content (AvgIpc) is 3.02. The third kappa shape index (κ3) is 3.21. The van der Waals surface area contributed by atoms with Crippen LogP contribution in [-0.4, -0.2) is 26.5 Å². The van der Waals surface area contributed by atoms with Crippen molar-refractivity contribution in [2.24, 2.45) is 0 Å². The number of rotatable bonds is 4. The summed E-state index contributed by atoms with van der Waals surface area (Å²) in [6.45, 7) is -0.150. The molecule has 0 aliphatic carbocycles. The van der Waals surface area contributed by atoms with E-state index in [-0.39, 0.29) is 12.3 Å². The maximum atomic E-state index is 12.4. The summed E-state index contributed by atoms with van der Waals surface area (Å²) in [5.74, 6) is 0.234. The molecule has 0 atom stereocenters.